The minimum absolute atomic E-state index is 0.0944. The Hall–Kier alpha value is -4.68. The fourth-order valence-electron chi connectivity index (χ4n) is 6.70. The quantitative estimate of drug-likeness (QED) is 0.0804. The third kappa shape index (κ3) is 15.9. The molecular weight excluding hydrogens is 891 g/mol. The van der Waals surface area contributed by atoms with Gasteiger partial charge in [-0.1, -0.05) is 48.5 Å². The predicted molar refractivity (Wildman–Crippen MR) is 212 cm³/mol. The maximum Gasteiger partial charge on any atom is 0.416 e. The maximum absolute atomic E-state index is 13.0. The molecule has 0 spiro atoms. The van der Waals surface area contributed by atoms with Crippen molar-refractivity contribution in [1.29, 1.82) is 0 Å². The van der Waals surface area contributed by atoms with Gasteiger partial charge in [0.25, 0.3) is 11.1 Å². The molecule has 0 aliphatic heterocycles. The highest BCUT2D eigenvalue weighted by Crippen LogP contribution is 2.40. The first-order valence-corrected chi connectivity index (χ1v) is 19.8. The number of carbonyl (C=O) groups is 2. The molecule has 20 heteroatoms. The first kappa shape index (κ1) is 50.0. The van der Waals surface area contributed by atoms with Crippen LogP contribution in [0.4, 0.5) is 64.1 Å². The van der Waals surface area contributed by atoms with Crippen LogP contribution in [0.5, 0.6) is 0 Å². The molecule has 6 nitrogen and oxygen atoms in total. The molecule has 2 aliphatic rings. The van der Waals surface area contributed by atoms with E-state index in [4.69, 9.17) is 23.4 Å². The average Bonchev–Trinajstić information content (AvgIpc) is 3.21. The average molecular weight is 932 g/mol. The SMILES string of the molecule is FC(F)(F)c1cc(NC2CCC(NCl)CC2)cc(C(F)(F)F)c1.O=C(Cl)c1ccccc1.O=C(NC1CCC(Nc2cc(C(F)(F)F)cc(C(F)(F)F)c2)CC1)c1ccccc1. The van der Waals surface area contributed by atoms with Crippen molar-refractivity contribution < 1.29 is 62.3 Å². The fourth-order valence-corrected chi connectivity index (χ4v) is 7.05. The number of hydrogen-bond donors (Lipinski definition) is 4. The van der Waals surface area contributed by atoms with Gasteiger partial charge in [-0.15, -0.1) is 0 Å². The van der Waals surface area contributed by atoms with Crippen LogP contribution in [0.15, 0.2) is 97.1 Å². The Balaban J connectivity index is 0.000000232. The first-order valence-electron chi connectivity index (χ1n) is 19.0. The van der Waals surface area contributed by atoms with Crippen LogP contribution in [-0.4, -0.2) is 35.3 Å². The van der Waals surface area contributed by atoms with Gasteiger partial charge >= 0.3 is 24.7 Å². The topological polar surface area (TPSA) is 82.3 Å². The molecule has 4 N–H and O–H groups in total. The van der Waals surface area contributed by atoms with Gasteiger partial charge in [0.15, 0.2) is 0 Å². The Morgan fingerprint density at radius 1 is 0.452 bits per heavy atom. The Morgan fingerprint density at radius 2 is 0.758 bits per heavy atom. The lowest BCUT2D eigenvalue weighted by Crippen LogP contribution is -2.40. The molecule has 4 aromatic rings. The number of hydrogen-bond acceptors (Lipinski definition) is 5. The minimum Gasteiger partial charge on any atom is -0.382 e. The summed E-state index contributed by atoms with van der Waals surface area (Å²) >= 11 is 10.7. The zero-order chi connectivity index (χ0) is 45.9. The van der Waals surface area contributed by atoms with Gasteiger partial charge in [-0.05, 0) is 123 Å². The zero-order valence-electron chi connectivity index (χ0n) is 32.3. The van der Waals surface area contributed by atoms with E-state index in [9.17, 15) is 62.3 Å². The van der Waals surface area contributed by atoms with Gasteiger partial charge in [0.2, 0.25) is 0 Å². The van der Waals surface area contributed by atoms with E-state index in [1.54, 1.807) is 54.6 Å². The summed E-state index contributed by atoms with van der Waals surface area (Å²) in [6, 6.07) is 20.0. The molecule has 62 heavy (non-hydrogen) atoms. The third-order valence-corrected chi connectivity index (χ3v) is 10.4. The summed E-state index contributed by atoms with van der Waals surface area (Å²) in [5, 5.41) is 8.08. The van der Waals surface area contributed by atoms with Crippen LogP contribution in [0, 0.1) is 0 Å². The minimum atomic E-state index is -4.88. The summed E-state index contributed by atoms with van der Waals surface area (Å²) in [5.74, 6) is -0.209. The second-order valence-corrected chi connectivity index (χ2v) is 15.1. The number of amides is 1. The van der Waals surface area contributed by atoms with E-state index in [1.165, 1.54) is 0 Å². The van der Waals surface area contributed by atoms with Gasteiger partial charge in [-0.2, -0.15) is 52.7 Å². The smallest absolute Gasteiger partial charge is 0.382 e. The van der Waals surface area contributed by atoms with E-state index < -0.39 is 52.2 Å². The Morgan fingerprint density at radius 3 is 1.05 bits per heavy atom. The molecule has 0 unspecified atom stereocenters. The summed E-state index contributed by atoms with van der Waals surface area (Å²) in [4.78, 5) is 25.2. The Kier molecular flexibility index (Phi) is 17.4. The predicted octanol–water partition coefficient (Wildman–Crippen LogP) is 13.1. The van der Waals surface area contributed by atoms with Crippen molar-refractivity contribution in [2.45, 2.75) is 100 Å². The number of anilines is 2. The van der Waals surface area contributed by atoms with Gasteiger partial charge in [-0.3, -0.25) is 9.59 Å². The molecule has 4 aromatic carbocycles. The molecule has 0 radical (unpaired) electrons. The molecular formula is C42H40Cl2F12N4O2. The lowest BCUT2D eigenvalue weighted by atomic mass is 9.90. The van der Waals surface area contributed by atoms with Gasteiger partial charge < -0.3 is 16.0 Å². The summed E-state index contributed by atoms with van der Waals surface area (Å²) < 4.78 is 155. The third-order valence-electron chi connectivity index (χ3n) is 9.90. The van der Waals surface area contributed by atoms with Gasteiger partial charge in [-0.25, -0.2) is 4.84 Å². The highest BCUT2D eigenvalue weighted by molar-refractivity contribution is 6.67. The highest BCUT2D eigenvalue weighted by atomic mass is 35.5. The lowest BCUT2D eigenvalue weighted by Gasteiger charge is -2.30. The monoisotopic (exact) mass is 930 g/mol. The molecule has 2 saturated carbocycles. The van der Waals surface area contributed by atoms with Crippen molar-refractivity contribution in [3.05, 3.63) is 130 Å². The van der Waals surface area contributed by atoms with Crippen LogP contribution in [-0.2, 0) is 24.7 Å². The van der Waals surface area contributed by atoms with E-state index in [0.29, 0.717) is 86.8 Å². The Bertz CT molecular complexity index is 1980. The molecule has 0 bridgehead atoms. The molecule has 2 aliphatic carbocycles. The fraction of sp³-hybridized carbons (Fsp3) is 0.381. The lowest BCUT2D eigenvalue weighted by molar-refractivity contribution is -0.144. The number of alkyl halides is 12. The highest BCUT2D eigenvalue weighted by Gasteiger charge is 2.39. The van der Waals surface area contributed by atoms with Crippen molar-refractivity contribution >= 4 is 45.9 Å². The second kappa shape index (κ2) is 21.6. The molecule has 1 amide bonds. The van der Waals surface area contributed by atoms with Crippen LogP contribution < -0.4 is 20.8 Å². The number of rotatable bonds is 8. The summed E-state index contributed by atoms with van der Waals surface area (Å²) in [7, 11) is 0. The van der Waals surface area contributed by atoms with Crippen molar-refractivity contribution in [3.8, 4) is 0 Å². The number of carbonyl (C=O) groups excluding carboxylic acids is 2. The van der Waals surface area contributed by atoms with E-state index in [-0.39, 0.29) is 53.6 Å². The van der Waals surface area contributed by atoms with Gasteiger partial charge in [0.05, 0.1) is 22.3 Å². The molecule has 0 atom stereocenters. The van der Waals surface area contributed by atoms with E-state index in [2.05, 4.69) is 20.8 Å². The molecule has 0 saturated heterocycles. The summed E-state index contributed by atoms with van der Waals surface area (Å²) in [5.41, 5.74) is -4.63. The van der Waals surface area contributed by atoms with Gasteiger partial charge in [0.1, 0.15) is 0 Å². The molecule has 338 valence electrons. The standard InChI is InChI=1S/C21H20F6N2O.C14H15ClF6N2.C7H5ClO/c22-20(23,24)14-10-15(21(25,26)27)12-18(11-14)28-16-6-8-17(9-7-16)29-19(30)13-4-2-1-3-5-13;15-23-11-3-1-10(2-4-11)22-12-6-8(13(16,17)18)5-9(7-12)14(19,20)21;8-7(9)6-4-2-1-3-5-6/h1-5,10-12,16-17,28H,6-9H2,(H,29,30);5-7,10-11,22-23H,1-4H2;1-5H. The maximum atomic E-state index is 13.0. The number of benzene rings is 4. The van der Waals surface area contributed by atoms with E-state index in [1.807, 2.05) is 6.07 Å². The zero-order valence-corrected chi connectivity index (χ0v) is 33.8. The van der Waals surface area contributed by atoms with E-state index >= 15 is 0 Å². The molecule has 6 rings (SSSR count). The van der Waals surface area contributed by atoms with Crippen molar-refractivity contribution in [1.82, 2.24) is 10.2 Å². The largest absolute Gasteiger partial charge is 0.416 e. The molecule has 0 heterocycles. The van der Waals surface area contributed by atoms with Crippen LogP contribution >= 0.6 is 23.4 Å². The normalized spacial score (nSPS) is 19.5. The van der Waals surface area contributed by atoms with Crippen molar-refractivity contribution in [3.63, 3.8) is 0 Å². The number of halogens is 14. The van der Waals surface area contributed by atoms with Crippen LogP contribution in [0.25, 0.3) is 0 Å². The van der Waals surface area contributed by atoms with Crippen LogP contribution in [0.3, 0.4) is 0 Å². The second-order valence-electron chi connectivity index (χ2n) is 14.6. The van der Waals surface area contributed by atoms with Crippen LogP contribution in [0.1, 0.15) is 94.3 Å². The van der Waals surface area contributed by atoms with Gasteiger partial charge in [0, 0.05) is 46.7 Å². The molecule has 2 fully saturated rings. The van der Waals surface area contributed by atoms with E-state index in [0.717, 1.165) is 0 Å². The summed E-state index contributed by atoms with van der Waals surface area (Å²) in [6.07, 6.45) is -14.6. The van der Waals surface area contributed by atoms with Crippen molar-refractivity contribution in [2.24, 2.45) is 0 Å². The molecule has 0 aromatic heterocycles. The first-order chi connectivity index (χ1) is 28.9. The Labute approximate surface area is 358 Å². The van der Waals surface area contributed by atoms with Crippen molar-refractivity contribution in [2.75, 3.05) is 10.6 Å². The van der Waals surface area contributed by atoms with Crippen LogP contribution in [0.2, 0.25) is 0 Å². The summed E-state index contributed by atoms with van der Waals surface area (Å²) in [6.45, 7) is 0. The number of nitrogens with one attached hydrogen (secondary N) is 4.